The molecule has 1 amide bonds. The molecular formula is C18H12ClN3O5. The molecule has 0 radical (unpaired) electrons. The van der Waals surface area contributed by atoms with Gasteiger partial charge in [-0.05, 0) is 18.2 Å². The number of carbonyl (C=O) groups excluding carboxylic acids is 2. The van der Waals surface area contributed by atoms with Crippen molar-refractivity contribution < 1.29 is 19.2 Å². The fourth-order valence-electron chi connectivity index (χ4n) is 2.29. The van der Waals surface area contributed by atoms with Crippen molar-refractivity contribution in [3.05, 3.63) is 75.4 Å². The van der Waals surface area contributed by atoms with Gasteiger partial charge in [-0.1, -0.05) is 35.9 Å². The lowest BCUT2D eigenvalue weighted by Gasteiger charge is -2.08. The largest absolute Gasteiger partial charge is 0.451 e. The van der Waals surface area contributed by atoms with Gasteiger partial charge in [0.2, 0.25) is 0 Å². The number of esters is 1. The molecule has 1 heterocycles. The number of para-hydroxylation sites is 1. The molecule has 0 saturated heterocycles. The van der Waals surface area contributed by atoms with Gasteiger partial charge in [0, 0.05) is 17.5 Å². The number of pyridine rings is 1. The first kappa shape index (κ1) is 18.3. The Hall–Kier alpha value is -3.52. The zero-order valence-corrected chi connectivity index (χ0v) is 14.5. The number of amides is 1. The number of carbonyl (C=O) groups is 2. The van der Waals surface area contributed by atoms with Gasteiger partial charge in [0.25, 0.3) is 11.6 Å². The van der Waals surface area contributed by atoms with Crippen molar-refractivity contribution in [2.75, 3.05) is 11.9 Å². The first-order valence-electron chi connectivity index (χ1n) is 7.71. The van der Waals surface area contributed by atoms with E-state index >= 15 is 0 Å². The summed E-state index contributed by atoms with van der Waals surface area (Å²) >= 11 is 5.89. The van der Waals surface area contributed by atoms with Crippen LogP contribution in [-0.4, -0.2) is 28.4 Å². The summed E-state index contributed by atoms with van der Waals surface area (Å²) in [5.41, 5.74) is 0.683. The quantitative estimate of drug-likeness (QED) is 0.408. The maximum Gasteiger partial charge on any atom is 0.357 e. The van der Waals surface area contributed by atoms with Crippen molar-refractivity contribution in [2.45, 2.75) is 0 Å². The van der Waals surface area contributed by atoms with E-state index in [9.17, 15) is 19.7 Å². The lowest BCUT2D eigenvalue weighted by molar-refractivity contribution is -0.384. The van der Waals surface area contributed by atoms with Gasteiger partial charge in [-0.2, -0.15) is 0 Å². The Kier molecular flexibility index (Phi) is 5.28. The molecule has 0 aliphatic heterocycles. The van der Waals surface area contributed by atoms with Gasteiger partial charge in [0.05, 0.1) is 21.2 Å². The molecule has 0 unspecified atom stereocenters. The van der Waals surface area contributed by atoms with E-state index in [1.54, 1.807) is 18.2 Å². The summed E-state index contributed by atoms with van der Waals surface area (Å²) < 4.78 is 4.95. The van der Waals surface area contributed by atoms with Crippen LogP contribution in [0.25, 0.3) is 10.9 Å². The minimum absolute atomic E-state index is 0.0000670. The lowest BCUT2D eigenvalue weighted by atomic mass is 10.2. The summed E-state index contributed by atoms with van der Waals surface area (Å²) in [6.07, 6.45) is 0. The number of benzene rings is 2. The minimum atomic E-state index is -0.745. The Balaban J connectivity index is 1.61. The van der Waals surface area contributed by atoms with Crippen molar-refractivity contribution in [1.82, 2.24) is 4.98 Å². The molecule has 0 aliphatic carbocycles. The zero-order chi connectivity index (χ0) is 19.4. The monoisotopic (exact) mass is 385 g/mol. The topological polar surface area (TPSA) is 111 Å². The number of non-ortho nitro benzene ring substituents is 1. The number of nitro benzene ring substituents is 1. The summed E-state index contributed by atoms with van der Waals surface area (Å²) in [4.78, 5) is 38.3. The van der Waals surface area contributed by atoms with Crippen LogP contribution in [0.2, 0.25) is 5.02 Å². The molecule has 0 saturated carbocycles. The molecule has 0 bridgehead atoms. The summed E-state index contributed by atoms with van der Waals surface area (Å²) in [6.45, 7) is -0.555. The molecule has 9 heteroatoms. The van der Waals surface area contributed by atoms with Gasteiger partial charge in [-0.3, -0.25) is 14.9 Å². The maximum atomic E-state index is 12.1. The van der Waals surface area contributed by atoms with E-state index in [4.69, 9.17) is 16.3 Å². The van der Waals surface area contributed by atoms with Crippen LogP contribution in [0.4, 0.5) is 11.4 Å². The number of fused-ring (bicyclic) bond motifs is 1. The van der Waals surface area contributed by atoms with Crippen LogP contribution in [0.1, 0.15) is 10.5 Å². The molecular weight excluding hydrogens is 374 g/mol. The molecule has 3 rings (SSSR count). The molecule has 1 N–H and O–H groups in total. The van der Waals surface area contributed by atoms with Crippen molar-refractivity contribution in [3.63, 3.8) is 0 Å². The summed E-state index contributed by atoms with van der Waals surface area (Å²) in [5, 5.41) is 14.0. The van der Waals surface area contributed by atoms with Crippen LogP contribution in [-0.2, 0) is 9.53 Å². The van der Waals surface area contributed by atoms with Crippen LogP contribution in [0.3, 0.4) is 0 Å². The average Bonchev–Trinajstić information content (AvgIpc) is 2.67. The number of hydrogen-bond acceptors (Lipinski definition) is 6. The number of nitrogens with zero attached hydrogens (tertiary/aromatic N) is 2. The third kappa shape index (κ3) is 4.36. The lowest BCUT2D eigenvalue weighted by Crippen LogP contribution is -2.21. The van der Waals surface area contributed by atoms with Crippen LogP contribution in [0.15, 0.2) is 54.6 Å². The number of aromatic nitrogens is 1. The normalized spacial score (nSPS) is 10.4. The molecule has 0 spiro atoms. The van der Waals surface area contributed by atoms with E-state index in [1.807, 2.05) is 12.1 Å². The fourth-order valence-corrected chi connectivity index (χ4v) is 2.51. The number of nitro groups is 1. The van der Waals surface area contributed by atoms with Gasteiger partial charge in [0.15, 0.2) is 6.61 Å². The number of ether oxygens (including phenoxy) is 1. The highest BCUT2D eigenvalue weighted by molar-refractivity contribution is 6.34. The van der Waals surface area contributed by atoms with Crippen LogP contribution in [0, 0.1) is 10.1 Å². The molecule has 27 heavy (non-hydrogen) atoms. The Morgan fingerprint density at radius 1 is 1.15 bits per heavy atom. The Morgan fingerprint density at radius 2 is 1.93 bits per heavy atom. The van der Waals surface area contributed by atoms with Gasteiger partial charge in [0.1, 0.15) is 5.69 Å². The Morgan fingerprint density at radius 3 is 2.67 bits per heavy atom. The Labute approximate surface area is 157 Å². The second-order valence-electron chi connectivity index (χ2n) is 5.43. The van der Waals surface area contributed by atoms with E-state index < -0.39 is 23.4 Å². The van der Waals surface area contributed by atoms with Crippen molar-refractivity contribution in [3.8, 4) is 0 Å². The number of anilines is 1. The number of nitrogens with one attached hydrogen (secondary N) is 1. The molecule has 2 aromatic carbocycles. The smallest absolute Gasteiger partial charge is 0.357 e. The molecule has 0 aliphatic rings. The van der Waals surface area contributed by atoms with Crippen LogP contribution < -0.4 is 5.32 Å². The van der Waals surface area contributed by atoms with Crippen molar-refractivity contribution in [2.24, 2.45) is 0 Å². The summed E-state index contributed by atoms with van der Waals surface area (Å²) in [7, 11) is 0. The van der Waals surface area contributed by atoms with E-state index in [0.717, 1.165) is 11.5 Å². The van der Waals surface area contributed by atoms with Gasteiger partial charge in [-0.25, -0.2) is 9.78 Å². The predicted octanol–water partition coefficient (Wildman–Crippen LogP) is 3.59. The predicted molar refractivity (Wildman–Crippen MR) is 98.8 cm³/mol. The van der Waals surface area contributed by atoms with Gasteiger partial charge >= 0.3 is 5.97 Å². The van der Waals surface area contributed by atoms with E-state index in [-0.39, 0.29) is 22.1 Å². The highest BCUT2D eigenvalue weighted by Gasteiger charge is 2.15. The fraction of sp³-hybridized carbons (Fsp3) is 0.0556. The standard InChI is InChI=1S/C18H12ClN3O5/c19-13-9-12(22(25)26)6-8-15(13)21-17(23)10-27-18(24)16-7-5-11-3-1-2-4-14(11)20-16/h1-9H,10H2,(H,21,23). The minimum Gasteiger partial charge on any atom is -0.451 e. The average molecular weight is 386 g/mol. The number of rotatable bonds is 5. The van der Waals surface area contributed by atoms with Gasteiger partial charge < -0.3 is 10.1 Å². The molecule has 0 atom stereocenters. The third-order valence-corrected chi connectivity index (χ3v) is 3.89. The molecule has 3 aromatic rings. The van der Waals surface area contributed by atoms with Crippen LogP contribution >= 0.6 is 11.6 Å². The van der Waals surface area contributed by atoms with Crippen molar-refractivity contribution in [1.29, 1.82) is 0 Å². The molecule has 0 fully saturated rings. The third-order valence-electron chi connectivity index (χ3n) is 3.58. The molecule has 1 aromatic heterocycles. The zero-order valence-electron chi connectivity index (χ0n) is 13.7. The van der Waals surface area contributed by atoms with E-state index in [2.05, 4.69) is 10.3 Å². The Bertz CT molecular complexity index is 1050. The summed E-state index contributed by atoms with van der Waals surface area (Å²) in [6, 6.07) is 14.1. The number of hydrogen-bond donors (Lipinski definition) is 1. The maximum absolute atomic E-state index is 12.1. The molecule has 8 nitrogen and oxygen atoms in total. The van der Waals surface area contributed by atoms with E-state index in [1.165, 1.54) is 18.2 Å². The van der Waals surface area contributed by atoms with Crippen LogP contribution in [0.5, 0.6) is 0 Å². The second-order valence-corrected chi connectivity index (χ2v) is 5.84. The second kappa shape index (κ2) is 7.79. The highest BCUT2D eigenvalue weighted by atomic mass is 35.5. The SMILES string of the molecule is O=C(COC(=O)c1ccc2ccccc2n1)Nc1ccc([N+](=O)[O-])cc1Cl. The first-order chi connectivity index (χ1) is 12.9. The van der Waals surface area contributed by atoms with E-state index in [0.29, 0.717) is 5.52 Å². The van der Waals surface area contributed by atoms with Crippen molar-refractivity contribution >= 4 is 45.8 Å². The number of halogens is 1. The highest BCUT2D eigenvalue weighted by Crippen LogP contribution is 2.26. The molecule has 136 valence electrons. The summed E-state index contributed by atoms with van der Waals surface area (Å²) in [5.74, 6) is -1.38. The first-order valence-corrected chi connectivity index (χ1v) is 8.08. The van der Waals surface area contributed by atoms with Gasteiger partial charge in [-0.15, -0.1) is 0 Å².